The Kier molecular flexibility index (Phi) is 3.26. The number of ether oxygens (including phenoxy) is 1. The molecule has 0 unspecified atom stereocenters. The van der Waals surface area contributed by atoms with Crippen molar-refractivity contribution < 1.29 is 18.0 Å². The van der Waals surface area contributed by atoms with Crippen molar-refractivity contribution in [1.29, 1.82) is 0 Å². The van der Waals surface area contributed by atoms with Gasteiger partial charge in [0.2, 0.25) is 11.8 Å². The Bertz CT molecular complexity index is 846. The second kappa shape index (κ2) is 5.31. The van der Waals surface area contributed by atoms with Crippen LogP contribution in [0.15, 0.2) is 27.0 Å². The average molecular weight is 318 g/mol. The van der Waals surface area contributed by atoms with Crippen molar-refractivity contribution in [2.24, 2.45) is 0 Å². The minimum absolute atomic E-state index is 0.000968. The highest BCUT2D eigenvalue weighted by Gasteiger charge is 2.39. The van der Waals surface area contributed by atoms with Gasteiger partial charge in [0.25, 0.3) is 6.01 Å². The van der Waals surface area contributed by atoms with E-state index in [1.54, 1.807) is 20.1 Å². The van der Waals surface area contributed by atoms with Gasteiger partial charge in [-0.2, -0.15) is 4.98 Å². The predicted molar refractivity (Wildman–Crippen MR) is 78.5 cm³/mol. The molecule has 7 nitrogen and oxygen atoms in total. The number of anilines is 1. The van der Waals surface area contributed by atoms with Gasteiger partial charge in [0.15, 0.2) is 5.58 Å². The molecule has 4 rings (SSSR count). The summed E-state index contributed by atoms with van der Waals surface area (Å²) in [4.78, 5) is 6.30. The lowest BCUT2D eigenvalue weighted by atomic mass is 10.2. The van der Waals surface area contributed by atoms with Crippen molar-refractivity contribution in [1.82, 2.24) is 15.2 Å². The van der Waals surface area contributed by atoms with E-state index in [0.29, 0.717) is 41.9 Å². The number of oxazole rings is 1. The van der Waals surface area contributed by atoms with Gasteiger partial charge in [-0.25, -0.2) is 4.39 Å². The lowest BCUT2D eigenvalue weighted by molar-refractivity contribution is 0.117. The molecule has 23 heavy (non-hydrogen) atoms. The summed E-state index contributed by atoms with van der Waals surface area (Å²) < 4.78 is 30.1. The van der Waals surface area contributed by atoms with Gasteiger partial charge in [-0.05, 0) is 12.1 Å². The van der Waals surface area contributed by atoms with E-state index in [4.69, 9.17) is 13.6 Å². The summed E-state index contributed by atoms with van der Waals surface area (Å²) in [5.74, 6) is 0.647. The molecule has 0 radical (unpaired) electrons. The fraction of sp³-hybridized carbons (Fsp3) is 0.400. The third-order valence-electron chi connectivity index (χ3n) is 4.01. The SMILES string of the molecule is CO[C@@H]1C[C@H](c2nnc(C)o2)N(c2nc3cc(F)ccc3o2)C1. The van der Waals surface area contributed by atoms with Crippen LogP contribution in [0.1, 0.15) is 24.2 Å². The second-order valence-electron chi connectivity index (χ2n) is 5.53. The van der Waals surface area contributed by atoms with Crippen molar-refractivity contribution in [2.45, 2.75) is 25.5 Å². The Hall–Kier alpha value is -2.48. The molecule has 3 heterocycles. The molecule has 0 saturated carbocycles. The van der Waals surface area contributed by atoms with Crippen molar-refractivity contribution in [3.63, 3.8) is 0 Å². The molecule has 1 aromatic carbocycles. The topological polar surface area (TPSA) is 77.4 Å². The first-order valence-electron chi connectivity index (χ1n) is 7.29. The molecule has 0 amide bonds. The first-order valence-corrected chi connectivity index (χ1v) is 7.29. The number of methoxy groups -OCH3 is 1. The Balaban J connectivity index is 1.73. The zero-order valence-corrected chi connectivity index (χ0v) is 12.7. The van der Waals surface area contributed by atoms with Crippen LogP contribution in [0.2, 0.25) is 0 Å². The van der Waals surface area contributed by atoms with Crippen LogP contribution in [0, 0.1) is 12.7 Å². The number of hydrogen-bond acceptors (Lipinski definition) is 7. The Morgan fingerprint density at radius 3 is 2.91 bits per heavy atom. The number of hydrogen-bond donors (Lipinski definition) is 0. The van der Waals surface area contributed by atoms with Crippen molar-refractivity contribution in [2.75, 3.05) is 18.6 Å². The largest absolute Gasteiger partial charge is 0.423 e. The highest BCUT2D eigenvalue weighted by atomic mass is 19.1. The third-order valence-corrected chi connectivity index (χ3v) is 4.01. The fourth-order valence-electron chi connectivity index (χ4n) is 2.87. The standard InChI is InChI=1S/C15H15FN4O3/c1-8-18-19-14(22-8)12-6-10(21-2)7-20(12)15-17-11-5-9(16)3-4-13(11)23-15/h3-5,10,12H,6-7H2,1-2H3/t10-,12-/m1/s1. The van der Waals surface area contributed by atoms with Crippen LogP contribution in [0.5, 0.6) is 0 Å². The molecule has 1 aliphatic heterocycles. The van der Waals surface area contributed by atoms with E-state index in [1.807, 2.05) is 4.90 Å². The maximum absolute atomic E-state index is 13.3. The van der Waals surface area contributed by atoms with Gasteiger partial charge < -0.3 is 18.5 Å². The summed E-state index contributed by atoms with van der Waals surface area (Å²) in [6, 6.07) is 4.47. The highest BCUT2D eigenvalue weighted by Crippen LogP contribution is 2.37. The number of fused-ring (bicyclic) bond motifs is 1. The lowest BCUT2D eigenvalue weighted by Crippen LogP contribution is -2.25. The van der Waals surface area contributed by atoms with E-state index in [0.717, 1.165) is 0 Å². The van der Waals surface area contributed by atoms with Crippen LogP contribution in [0.3, 0.4) is 0 Å². The molecule has 0 aliphatic carbocycles. The van der Waals surface area contributed by atoms with Gasteiger partial charge in [-0.3, -0.25) is 0 Å². The van der Waals surface area contributed by atoms with Crippen molar-refractivity contribution >= 4 is 17.1 Å². The first-order chi connectivity index (χ1) is 11.1. The number of aromatic nitrogens is 3. The molecule has 0 N–H and O–H groups in total. The maximum Gasteiger partial charge on any atom is 0.299 e. The molecule has 120 valence electrons. The van der Waals surface area contributed by atoms with E-state index in [9.17, 15) is 4.39 Å². The molecular weight excluding hydrogens is 303 g/mol. The van der Waals surface area contributed by atoms with Crippen molar-refractivity contribution in [3.05, 3.63) is 35.8 Å². The number of aryl methyl sites for hydroxylation is 1. The number of halogens is 1. The Morgan fingerprint density at radius 1 is 1.30 bits per heavy atom. The fourth-order valence-corrected chi connectivity index (χ4v) is 2.87. The number of rotatable bonds is 3. The van der Waals surface area contributed by atoms with E-state index in [1.165, 1.54) is 12.1 Å². The third kappa shape index (κ3) is 2.44. The minimum Gasteiger partial charge on any atom is -0.423 e. The maximum atomic E-state index is 13.3. The van der Waals surface area contributed by atoms with E-state index < -0.39 is 0 Å². The quantitative estimate of drug-likeness (QED) is 0.734. The zero-order chi connectivity index (χ0) is 16.0. The van der Waals surface area contributed by atoms with E-state index in [-0.39, 0.29) is 18.0 Å². The first kappa shape index (κ1) is 14.1. The van der Waals surface area contributed by atoms with Crippen LogP contribution < -0.4 is 4.90 Å². The van der Waals surface area contributed by atoms with Gasteiger partial charge >= 0.3 is 0 Å². The van der Waals surface area contributed by atoms with Crippen LogP contribution >= 0.6 is 0 Å². The van der Waals surface area contributed by atoms with E-state index >= 15 is 0 Å². The van der Waals surface area contributed by atoms with Gasteiger partial charge in [-0.15, -0.1) is 10.2 Å². The normalized spacial score (nSPS) is 21.4. The molecule has 2 atom stereocenters. The van der Waals surface area contributed by atoms with Gasteiger partial charge in [0, 0.05) is 33.1 Å². The minimum atomic E-state index is -0.349. The molecule has 3 aromatic rings. The molecular formula is C15H15FN4O3. The monoisotopic (exact) mass is 318 g/mol. The van der Waals surface area contributed by atoms with Crippen LogP contribution in [0.25, 0.3) is 11.1 Å². The summed E-state index contributed by atoms with van der Waals surface area (Å²) >= 11 is 0. The van der Waals surface area contributed by atoms with Crippen LogP contribution in [-0.2, 0) is 4.74 Å². The summed E-state index contributed by atoms with van der Waals surface area (Å²) in [7, 11) is 1.66. The van der Waals surface area contributed by atoms with Gasteiger partial charge in [-0.1, -0.05) is 0 Å². The smallest absolute Gasteiger partial charge is 0.299 e. The van der Waals surface area contributed by atoms with Crippen LogP contribution in [0.4, 0.5) is 10.4 Å². The highest BCUT2D eigenvalue weighted by molar-refractivity contribution is 5.74. The number of nitrogens with zero attached hydrogens (tertiary/aromatic N) is 4. The molecule has 2 aromatic heterocycles. The Morgan fingerprint density at radius 2 is 2.17 bits per heavy atom. The molecule has 1 fully saturated rings. The summed E-state index contributed by atoms with van der Waals surface area (Å²) in [6.07, 6.45) is 0.685. The lowest BCUT2D eigenvalue weighted by Gasteiger charge is -2.18. The van der Waals surface area contributed by atoms with Gasteiger partial charge in [0.05, 0.1) is 6.10 Å². The second-order valence-corrected chi connectivity index (χ2v) is 5.53. The average Bonchev–Trinajstić information content (AvgIpc) is 3.22. The van der Waals surface area contributed by atoms with Gasteiger partial charge in [0.1, 0.15) is 17.4 Å². The summed E-state index contributed by atoms with van der Waals surface area (Å²) in [6.45, 7) is 2.32. The van der Waals surface area contributed by atoms with Crippen LogP contribution in [-0.4, -0.2) is 34.9 Å². The molecule has 8 heteroatoms. The zero-order valence-electron chi connectivity index (χ0n) is 12.7. The van der Waals surface area contributed by atoms with Crippen molar-refractivity contribution in [3.8, 4) is 0 Å². The molecule has 0 bridgehead atoms. The molecule has 1 aliphatic rings. The molecule has 1 saturated heterocycles. The Labute approximate surface area is 131 Å². The molecule has 0 spiro atoms. The summed E-state index contributed by atoms with van der Waals surface area (Å²) in [5, 5.41) is 7.98. The van der Waals surface area contributed by atoms with E-state index in [2.05, 4.69) is 15.2 Å². The predicted octanol–water partition coefficient (Wildman–Crippen LogP) is 2.62. The summed E-state index contributed by atoms with van der Waals surface area (Å²) in [5.41, 5.74) is 1.00. The number of benzene rings is 1.